The van der Waals surface area contributed by atoms with E-state index in [2.05, 4.69) is 15.2 Å². The lowest BCUT2D eigenvalue weighted by atomic mass is 10.8. The molecule has 1 aromatic rings. The Labute approximate surface area is 63.6 Å². The van der Waals surface area contributed by atoms with Gasteiger partial charge >= 0.3 is 0 Å². The molecule has 0 spiro atoms. The molecule has 10 heavy (non-hydrogen) atoms. The van der Waals surface area contributed by atoms with Crippen LogP contribution in [0.2, 0.25) is 0 Å². The van der Waals surface area contributed by atoms with Crippen LogP contribution in [0.5, 0.6) is 0 Å². The van der Waals surface area contributed by atoms with Gasteiger partial charge in [0.2, 0.25) is 0 Å². The average molecular weight is 158 g/mol. The van der Waals surface area contributed by atoms with Crippen LogP contribution in [-0.2, 0) is 0 Å². The fourth-order valence-corrected chi connectivity index (χ4v) is 1.16. The van der Waals surface area contributed by atoms with E-state index < -0.39 is 0 Å². The molecule has 0 amide bonds. The van der Waals surface area contributed by atoms with Gasteiger partial charge in [-0.25, -0.2) is 4.98 Å². The number of nitrogens with two attached hydrogens (primary N) is 1. The zero-order valence-corrected chi connectivity index (χ0v) is 6.61. The van der Waals surface area contributed by atoms with E-state index in [4.69, 9.17) is 5.73 Å². The zero-order chi connectivity index (χ0) is 7.40. The first-order chi connectivity index (χ1) is 4.83. The molecule has 0 aromatic carbocycles. The number of aryl methyl sites for hydroxylation is 1. The highest BCUT2D eigenvalue weighted by Crippen LogP contribution is 2.09. The molecule has 0 aliphatic carbocycles. The van der Waals surface area contributed by atoms with E-state index in [1.165, 1.54) is 0 Å². The van der Waals surface area contributed by atoms with Crippen molar-refractivity contribution in [3.8, 4) is 0 Å². The van der Waals surface area contributed by atoms with Crippen molar-refractivity contribution in [3.05, 3.63) is 5.82 Å². The van der Waals surface area contributed by atoms with Crippen LogP contribution in [0.1, 0.15) is 5.82 Å². The van der Waals surface area contributed by atoms with Crippen molar-refractivity contribution in [2.45, 2.75) is 12.1 Å². The number of nitrogens with zero attached hydrogens (tertiary/aromatic N) is 2. The maximum Gasteiger partial charge on any atom is 0.183 e. The quantitative estimate of drug-likeness (QED) is 0.615. The molecule has 0 fully saturated rings. The molecular weight excluding hydrogens is 148 g/mol. The predicted octanol–water partition coefficient (Wildman–Crippen LogP) is 0.164. The monoisotopic (exact) mass is 158 g/mol. The highest BCUT2D eigenvalue weighted by Gasteiger charge is 1.96. The van der Waals surface area contributed by atoms with Crippen LogP contribution < -0.4 is 5.73 Å². The van der Waals surface area contributed by atoms with Crippen LogP contribution in [0.25, 0.3) is 0 Å². The van der Waals surface area contributed by atoms with E-state index in [-0.39, 0.29) is 0 Å². The molecule has 0 aliphatic heterocycles. The summed E-state index contributed by atoms with van der Waals surface area (Å²) >= 11 is 1.59. The molecule has 0 saturated carbocycles. The van der Waals surface area contributed by atoms with Crippen LogP contribution in [-0.4, -0.2) is 27.5 Å². The molecule has 1 rings (SSSR count). The topological polar surface area (TPSA) is 67.6 Å². The van der Waals surface area contributed by atoms with Crippen molar-refractivity contribution < 1.29 is 0 Å². The Hall–Kier alpha value is -0.550. The Morgan fingerprint density at radius 3 is 3.00 bits per heavy atom. The molecule has 0 atom stereocenters. The molecule has 0 bridgehead atoms. The lowest BCUT2D eigenvalue weighted by Gasteiger charge is -1.89. The van der Waals surface area contributed by atoms with Gasteiger partial charge in [0.1, 0.15) is 5.82 Å². The molecule has 56 valence electrons. The highest BCUT2D eigenvalue weighted by atomic mass is 32.2. The molecule has 1 heterocycles. The third-order valence-electron chi connectivity index (χ3n) is 0.933. The second-order valence-corrected chi connectivity index (χ2v) is 2.91. The van der Waals surface area contributed by atoms with Gasteiger partial charge < -0.3 is 5.73 Å². The van der Waals surface area contributed by atoms with Crippen LogP contribution >= 0.6 is 11.8 Å². The zero-order valence-electron chi connectivity index (χ0n) is 5.79. The van der Waals surface area contributed by atoms with Gasteiger partial charge in [0.15, 0.2) is 5.16 Å². The maximum atomic E-state index is 5.30. The fourth-order valence-electron chi connectivity index (χ4n) is 0.546. The van der Waals surface area contributed by atoms with E-state index in [9.17, 15) is 0 Å². The summed E-state index contributed by atoms with van der Waals surface area (Å²) in [5, 5.41) is 7.51. The Morgan fingerprint density at radius 2 is 2.50 bits per heavy atom. The van der Waals surface area contributed by atoms with Crippen molar-refractivity contribution >= 4 is 11.8 Å². The molecule has 4 nitrogen and oxygen atoms in total. The Kier molecular flexibility index (Phi) is 2.70. The average Bonchev–Trinajstić information content (AvgIpc) is 2.31. The molecule has 0 radical (unpaired) electrons. The van der Waals surface area contributed by atoms with Gasteiger partial charge in [0.25, 0.3) is 0 Å². The number of aromatic amines is 1. The second kappa shape index (κ2) is 3.58. The van der Waals surface area contributed by atoms with Crippen LogP contribution in [0, 0.1) is 6.92 Å². The van der Waals surface area contributed by atoms with E-state index in [1.54, 1.807) is 11.8 Å². The number of nitrogens with one attached hydrogen (secondary N) is 1. The molecule has 0 saturated heterocycles. The van der Waals surface area contributed by atoms with E-state index in [1.807, 2.05) is 6.92 Å². The summed E-state index contributed by atoms with van der Waals surface area (Å²) in [5.41, 5.74) is 5.30. The standard InChI is InChI=1S/C5H10N4S/c1-4-7-5(9-8-4)10-3-2-6/h2-3,6H2,1H3,(H,7,8,9). The Bertz CT molecular complexity index is 197. The van der Waals surface area contributed by atoms with Gasteiger partial charge in [-0.1, -0.05) is 11.8 Å². The van der Waals surface area contributed by atoms with Crippen molar-refractivity contribution in [3.63, 3.8) is 0 Å². The van der Waals surface area contributed by atoms with E-state index in [0.29, 0.717) is 6.54 Å². The first-order valence-corrected chi connectivity index (χ1v) is 4.03. The smallest absolute Gasteiger partial charge is 0.183 e. The number of hydrogen-bond acceptors (Lipinski definition) is 4. The number of rotatable bonds is 3. The Balaban J connectivity index is 2.42. The second-order valence-electron chi connectivity index (χ2n) is 1.82. The third-order valence-corrected chi connectivity index (χ3v) is 1.83. The number of aromatic nitrogens is 3. The number of hydrogen-bond donors (Lipinski definition) is 2. The van der Waals surface area contributed by atoms with Crippen molar-refractivity contribution in [1.82, 2.24) is 15.2 Å². The minimum absolute atomic E-state index is 0.671. The summed E-state index contributed by atoms with van der Waals surface area (Å²) in [6.45, 7) is 2.52. The summed E-state index contributed by atoms with van der Waals surface area (Å²) in [6.07, 6.45) is 0. The summed E-state index contributed by atoms with van der Waals surface area (Å²) < 4.78 is 0. The molecule has 1 aromatic heterocycles. The van der Waals surface area contributed by atoms with Gasteiger partial charge in [0.05, 0.1) is 0 Å². The lowest BCUT2D eigenvalue weighted by molar-refractivity contribution is 0.967. The van der Waals surface area contributed by atoms with E-state index >= 15 is 0 Å². The Morgan fingerprint density at radius 1 is 1.70 bits per heavy atom. The van der Waals surface area contributed by atoms with Crippen molar-refractivity contribution in [1.29, 1.82) is 0 Å². The minimum Gasteiger partial charge on any atom is -0.330 e. The highest BCUT2D eigenvalue weighted by molar-refractivity contribution is 7.99. The van der Waals surface area contributed by atoms with Gasteiger partial charge in [-0.05, 0) is 6.92 Å². The van der Waals surface area contributed by atoms with Crippen LogP contribution in [0.4, 0.5) is 0 Å². The molecular formula is C5H10N4S. The van der Waals surface area contributed by atoms with Gasteiger partial charge in [-0.2, -0.15) is 5.10 Å². The summed E-state index contributed by atoms with van der Waals surface area (Å²) in [5.74, 6) is 1.66. The number of thioether (sulfide) groups is 1. The normalized spacial score (nSPS) is 10.2. The first-order valence-electron chi connectivity index (χ1n) is 3.05. The van der Waals surface area contributed by atoms with Crippen molar-refractivity contribution in [2.24, 2.45) is 5.73 Å². The fraction of sp³-hybridized carbons (Fsp3) is 0.600. The molecule has 0 aliphatic rings. The molecule has 3 N–H and O–H groups in total. The summed E-state index contributed by atoms with van der Waals surface area (Å²) in [6, 6.07) is 0. The van der Waals surface area contributed by atoms with Gasteiger partial charge in [0, 0.05) is 12.3 Å². The minimum atomic E-state index is 0.671. The molecule has 5 heteroatoms. The van der Waals surface area contributed by atoms with Gasteiger partial charge in [-0.15, -0.1) is 0 Å². The maximum absolute atomic E-state index is 5.30. The van der Waals surface area contributed by atoms with E-state index in [0.717, 1.165) is 16.7 Å². The molecule has 0 unspecified atom stereocenters. The van der Waals surface area contributed by atoms with Crippen molar-refractivity contribution in [2.75, 3.05) is 12.3 Å². The third kappa shape index (κ3) is 2.00. The first kappa shape index (κ1) is 7.56. The SMILES string of the molecule is Cc1n[nH]c(SCCN)n1. The lowest BCUT2D eigenvalue weighted by Crippen LogP contribution is -2.01. The summed E-state index contributed by atoms with van der Waals surface area (Å²) in [7, 11) is 0. The van der Waals surface area contributed by atoms with Crippen LogP contribution in [0.15, 0.2) is 5.16 Å². The summed E-state index contributed by atoms with van der Waals surface area (Å²) in [4.78, 5) is 4.09. The predicted molar refractivity (Wildman–Crippen MR) is 40.9 cm³/mol. The van der Waals surface area contributed by atoms with Gasteiger partial charge in [-0.3, -0.25) is 5.10 Å². The largest absolute Gasteiger partial charge is 0.330 e. The van der Waals surface area contributed by atoms with Crippen LogP contribution in [0.3, 0.4) is 0 Å². The number of H-pyrrole nitrogens is 1.